The van der Waals surface area contributed by atoms with Crippen LogP contribution in [0.2, 0.25) is 0 Å². The van der Waals surface area contributed by atoms with Crippen LogP contribution in [0, 0.1) is 5.41 Å². The predicted molar refractivity (Wildman–Crippen MR) is 128 cm³/mol. The first-order chi connectivity index (χ1) is 16.3. The van der Waals surface area contributed by atoms with Crippen molar-refractivity contribution in [1.82, 2.24) is 5.32 Å². The zero-order chi connectivity index (χ0) is 24.3. The van der Waals surface area contributed by atoms with E-state index in [2.05, 4.69) is 5.32 Å². The summed E-state index contributed by atoms with van der Waals surface area (Å²) in [5.41, 5.74) is 2.43. The van der Waals surface area contributed by atoms with Crippen molar-refractivity contribution in [3.63, 3.8) is 0 Å². The second kappa shape index (κ2) is 9.95. The van der Waals surface area contributed by atoms with Crippen LogP contribution in [-0.4, -0.2) is 38.8 Å². The summed E-state index contributed by atoms with van der Waals surface area (Å²) in [7, 11) is 3.13. The lowest BCUT2D eigenvalue weighted by molar-refractivity contribution is -0.162. The van der Waals surface area contributed by atoms with Crippen LogP contribution in [0.3, 0.4) is 0 Å². The second-order valence-corrected chi connectivity index (χ2v) is 9.57. The standard InChI is InChI=1S/C27H33NO6/c1-27(2,26(30)34-19-8-6-5-7-9-19)16-33-23-20(12-13-22(31-3)24(23)32-4)17-10-11-21-18(14-17)15-28-25(21)29/h10-14,19H,5-9,15-16H2,1-4H3,(H,28,29). The fraction of sp³-hybridized carbons (Fsp3) is 0.481. The highest BCUT2D eigenvalue weighted by Gasteiger charge is 2.34. The van der Waals surface area contributed by atoms with Crippen LogP contribution in [0.5, 0.6) is 17.2 Å². The van der Waals surface area contributed by atoms with Crippen LogP contribution in [0.15, 0.2) is 30.3 Å². The third-order valence-corrected chi connectivity index (χ3v) is 6.56. The minimum atomic E-state index is -0.850. The highest BCUT2D eigenvalue weighted by molar-refractivity contribution is 5.99. The summed E-state index contributed by atoms with van der Waals surface area (Å²) in [6, 6.07) is 9.40. The third kappa shape index (κ3) is 4.83. The SMILES string of the molecule is COc1ccc(-c2ccc3c(c2)CNC3=O)c(OCC(C)(C)C(=O)OC2CCCCC2)c1OC. The third-order valence-electron chi connectivity index (χ3n) is 6.56. The molecule has 0 radical (unpaired) electrons. The summed E-state index contributed by atoms with van der Waals surface area (Å²) >= 11 is 0. The minimum Gasteiger partial charge on any atom is -0.493 e. The monoisotopic (exact) mass is 467 g/mol. The normalized spacial score (nSPS) is 15.9. The minimum absolute atomic E-state index is 0.00910. The molecule has 1 heterocycles. The number of ether oxygens (including phenoxy) is 4. The van der Waals surface area contributed by atoms with E-state index in [0.717, 1.165) is 42.4 Å². The number of carbonyl (C=O) groups is 2. The molecule has 0 aromatic heterocycles. The van der Waals surface area contributed by atoms with Crippen molar-refractivity contribution in [2.75, 3.05) is 20.8 Å². The van der Waals surface area contributed by atoms with Gasteiger partial charge in [-0.1, -0.05) is 12.5 Å². The Balaban J connectivity index is 1.61. The Morgan fingerprint density at radius 1 is 1.00 bits per heavy atom. The summed E-state index contributed by atoms with van der Waals surface area (Å²) in [6.07, 6.45) is 5.23. The molecule has 2 aromatic rings. The van der Waals surface area contributed by atoms with E-state index in [1.54, 1.807) is 14.2 Å². The molecule has 1 N–H and O–H groups in total. The molecule has 2 aromatic carbocycles. The predicted octanol–water partition coefficient (Wildman–Crippen LogP) is 4.90. The fourth-order valence-corrected chi connectivity index (χ4v) is 4.47. The van der Waals surface area contributed by atoms with Crippen LogP contribution in [0.1, 0.15) is 61.9 Å². The molecule has 0 spiro atoms. The zero-order valence-electron chi connectivity index (χ0n) is 20.4. The number of benzene rings is 2. The van der Waals surface area contributed by atoms with Crippen molar-refractivity contribution in [2.45, 2.75) is 58.6 Å². The lowest BCUT2D eigenvalue weighted by Crippen LogP contribution is -2.36. The van der Waals surface area contributed by atoms with Crippen LogP contribution >= 0.6 is 0 Å². The summed E-state index contributed by atoms with van der Waals surface area (Å²) < 4.78 is 23.2. The van der Waals surface area contributed by atoms with Crippen molar-refractivity contribution in [3.8, 4) is 28.4 Å². The van der Waals surface area contributed by atoms with Crippen molar-refractivity contribution >= 4 is 11.9 Å². The molecule has 0 unspecified atom stereocenters. The Kier molecular flexibility index (Phi) is 7.00. The number of fused-ring (bicyclic) bond motifs is 1. The fourth-order valence-electron chi connectivity index (χ4n) is 4.47. The molecular weight excluding hydrogens is 434 g/mol. The van der Waals surface area contributed by atoms with Gasteiger partial charge in [0, 0.05) is 17.7 Å². The van der Waals surface area contributed by atoms with Gasteiger partial charge >= 0.3 is 5.97 Å². The van der Waals surface area contributed by atoms with Crippen LogP contribution in [0.4, 0.5) is 0 Å². The highest BCUT2D eigenvalue weighted by atomic mass is 16.6. The molecule has 1 fully saturated rings. The van der Waals surface area contributed by atoms with E-state index >= 15 is 0 Å². The van der Waals surface area contributed by atoms with E-state index in [1.165, 1.54) is 6.42 Å². The van der Waals surface area contributed by atoms with E-state index in [-0.39, 0.29) is 24.6 Å². The van der Waals surface area contributed by atoms with Crippen molar-refractivity contribution < 1.29 is 28.5 Å². The molecule has 182 valence electrons. The number of carbonyl (C=O) groups excluding carboxylic acids is 2. The summed E-state index contributed by atoms with van der Waals surface area (Å²) in [5.74, 6) is 1.14. The molecule has 7 heteroatoms. The Labute approximate surface area is 200 Å². The van der Waals surface area contributed by atoms with Gasteiger partial charge in [0.05, 0.1) is 19.6 Å². The van der Waals surface area contributed by atoms with Gasteiger partial charge in [-0.15, -0.1) is 0 Å². The number of nitrogens with one attached hydrogen (secondary N) is 1. The van der Waals surface area contributed by atoms with Gasteiger partial charge in [0.25, 0.3) is 5.91 Å². The summed E-state index contributed by atoms with van der Waals surface area (Å²) in [4.78, 5) is 24.9. The first-order valence-corrected chi connectivity index (χ1v) is 11.8. The molecule has 1 aliphatic heterocycles. The van der Waals surface area contributed by atoms with Gasteiger partial charge in [-0.25, -0.2) is 0 Å². The molecular formula is C27H33NO6. The first-order valence-electron chi connectivity index (χ1n) is 11.8. The Hall–Kier alpha value is -3.22. The maximum atomic E-state index is 12.9. The molecule has 2 aliphatic rings. The molecule has 1 aliphatic carbocycles. The van der Waals surface area contributed by atoms with E-state index in [0.29, 0.717) is 29.4 Å². The number of amides is 1. The second-order valence-electron chi connectivity index (χ2n) is 9.57. The molecule has 1 saturated carbocycles. The highest BCUT2D eigenvalue weighted by Crippen LogP contribution is 2.45. The van der Waals surface area contributed by atoms with Gasteiger partial charge in [0.15, 0.2) is 11.5 Å². The number of hydrogen-bond acceptors (Lipinski definition) is 6. The molecule has 0 saturated heterocycles. The number of rotatable bonds is 8. The average molecular weight is 468 g/mol. The van der Waals surface area contributed by atoms with E-state index in [9.17, 15) is 9.59 Å². The molecule has 0 bridgehead atoms. The van der Waals surface area contributed by atoms with Crippen LogP contribution in [0.25, 0.3) is 11.1 Å². The van der Waals surface area contributed by atoms with Crippen LogP contribution < -0.4 is 19.5 Å². The van der Waals surface area contributed by atoms with E-state index < -0.39 is 5.41 Å². The smallest absolute Gasteiger partial charge is 0.315 e. The van der Waals surface area contributed by atoms with Crippen molar-refractivity contribution in [3.05, 3.63) is 41.5 Å². The van der Waals surface area contributed by atoms with E-state index in [4.69, 9.17) is 18.9 Å². The van der Waals surface area contributed by atoms with Crippen LogP contribution in [-0.2, 0) is 16.1 Å². The van der Waals surface area contributed by atoms with Gasteiger partial charge in [-0.05, 0) is 74.9 Å². The number of methoxy groups -OCH3 is 2. The maximum Gasteiger partial charge on any atom is 0.315 e. The Morgan fingerprint density at radius 2 is 1.74 bits per heavy atom. The maximum absolute atomic E-state index is 12.9. The Morgan fingerprint density at radius 3 is 2.44 bits per heavy atom. The molecule has 4 rings (SSSR count). The van der Waals surface area contributed by atoms with Gasteiger partial charge in [0.2, 0.25) is 5.75 Å². The molecule has 7 nitrogen and oxygen atoms in total. The zero-order valence-corrected chi connectivity index (χ0v) is 20.4. The van der Waals surface area contributed by atoms with Gasteiger partial charge in [-0.3, -0.25) is 9.59 Å². The first kappa shape index (κ1) is 23.9. The lowest BCUT2D eigenvalue weighted by Gasteiger charge is -2.29. The topological polar surface area (TPSA) is 83.1 Å². The molecule has 1 amide bonds. The quantitative estimate of drug-likeness (QED) is 0.557. The number of hydrogen-bond donors (Lipinski definition) is 1. The number of esters is 1. The van der Waals surface area contributed by atoms with Crippen molar-refractivity contribution in [1.29, 1.82) is 0 Å². The van der Waals surface area contributed by atoms with Gasteiger partial charge in [0.1, 0.15) is 12.7 Å². The average Bonchev–Trinajstić information content (AvgIpc) is 3.22. The summed E-state index contributed by atoms with van der Waals surface area (Å²) in [6.45, 7) is 4.26. The molecule has 0 atom stereocenters. The molecule has 34 heavy (non-hydrogen) atoms. The largest absolute Gasteiger partial charge is 0.493 e. The Bertz CT molecular complexity index is 1070. The lowest BCUT2D eigenvalue weighted by atomic mass is 9.93. The van der Waals surface area contributed by atoms with E-state index in [1.807, 2.05) is 44.2 Å². The van der Waals surface area contributed by atoms with Gasteiger partial charge in [-0.2, -0.15) is 0 Å². The summed E-state index contributed by atoms with van der Waals surface area (Å²) in [5, 5.41) is 2.84. The van der Waals surface area contributed by atoms with Crippen molar-refractivity contribution in [2.24, 2.45) is 5.41 Å². The van der Waals surface area contributed by atoms with Gasteiger partial charge < -0.3 is 24.3 Å².